The average Bonchev–Trinajstić information content (AvgIpc) is 2.86. The molecule has 0 aromatic heterocycles. The number of amides is 1. The molecule has 33 heavy (non-hydrogen) atoms. The molecule has 1 amide bonds. The van der Waals surface area contributed by atoms with E-state index in [-0.39, 0.29) is 23.5 Å². The highest BCUT2D eigenvalue weighted by Gasteiger charge is 2.28. The molecule has 0 bridgehead atoms. The van der Waals surface area contributed by atoms with E-state index in [2.05, 4.69) is 5.32 Å². The number of nitrogens with zero attached hydrogens (tertiary/aromatic N) is 1. The van der Waals surface area contributed by atoms with Crippen LogP contribution in [-0.2, 0) is 21.2 Å². The molecule has 0 aliphatic carbocycles. The average molecular weight is 467 g/mol. The maximum absolute atomic E-state index is 13.2. The van der Waals surface area contributed by atoms with Crippen LogP contribution < -0.4 is 10.1 Å². The van der Waals surface area contributed by atoms with Gasteiger partial charge in [0, 0.05) is 18.8 Å². The molecule has 0 radical (unpaired) electrons. The van der Waals surface area contributed by atoms with Gasteiger partial charge in [-0.2, -0.15) is 4.31 Å². The smallest absolute Gasteiger partial charge is 0.259 e. The summed E-state index contributed by atoms with van der Waals surface area (Å²) in [7, 11) is -2.30. The molecular formula is C25H26N2O5S. The van der Waals surface area contributed by atoms with Gasteiger partial charge in [-0.25, -0.2) is 8.42 Å². The molecule has 0 spiro atoms. The Balaban J connectivity index is 1.62. The van der Waals surface area contributed by atoms with E-state index in [9.17, 15) is 13.2 Å². The molecule has 8 heteroatoms. The first kappa shape index (κ1) is 23.0. The number of methoxy groups -OCH3 is 1. The number of para-hydroxylation sites is 1. The maximum Gasteiger partial charge on any atom is 0.259 e. The van der Waals surface area contributed by atoms with E-state index in [0.717, 1.165) is 11.1 Å². The first-order valence-corrected chi connectivity index (χ1v) is 12.1. The van der Waals surface area contributed by atoms with E-state index in [1.807, 2.05) is 54.6 Å². The quantitative estimate of drug-likeness (QED) is 0.576. The standard InChI is InChI=1S/C25H26N2O5S/c1-31-24-12-11-21(33(29,30)27-13-15-32-16-14-27)18-22(24)25(28)26-23-10-6-5-9-20(23)17-19-7-3-2-4-8-19/h2-12,18H,13-17H2,1H3,(H,26,28). The molecular weight excluding hydrogens is 440 g/mol. The third-order valence-electron chi connectivity index (χ3n) is 5.53. The SMILES string of the molecule is COc1ccc(S(=O)(=O)N2CCOCC2)cc1C(=O)Nc1ccccc1Cc1ccccc1. The Labute approximate surface area is 194 Å². The Hall–Kier alpha value is -3.20. The number of rotatable bonds is 7. The van der Waals surface area contributed by atoms with Crippen molar-refractivity contribution in [3.63, 3.8) is 0 Å². The lowest BCUT2D eigenvalue weighted by atomic mass is 10.0. The summed E-state index contributed by atoms with van der Waals surface area (Å²) in [4.78, 5) is 13.3. The van der Waals surface area contributed by atoms with E-state index in [1.165, 1.54) is 29.6 Å². The number of hydrogen-bond acceptors (Lipinski definition) is 5. The Morgan fingerprint density at radius 3 is 2.42 bits per heavy atom. The molecule has 3 aromatic carbocycles. The fraction of sp³-hybridized carbons (Fsp3) is 0.240. The van der Waals surface area contributed by atoms with Gasteiger partial charge < -0.3 is 14.8 Å². The molecule has 1 N–H and O–H groups in total. The summed E-state index contributed by atoms with van der Waals surface area (Å²) in [5, 5.41) is 2.93. The number of carbonyl (C=O) groups is 1. The molecule has 0 saturated carbocycles. The number of sulfonamides is 1. The minimum atomic E-state index is -3.75. The first-order chi connectivity index (χ1) is 16.0. The van der Waals surface area contributed by atoms with Crippen molar-refractivity contribution in [3.05, 3.63) is 89.5 Å². The van der Waals surface area contributed by atoms with Crippen LogP contribution in [0.5, 0.6) is 5.75 Å². The fourth-order valence-corrected chi connectivity index (χ4v) is 5.20. The van der Waals surface area contributed by atoms with Crippen LogP contribution in [0.1, 0.15) is 21.5 Å². The van der Waals surface area contributed by atoms with Crippen molar-refractivity contribution in [2.24, 2.45) is 0 Å². The third-order valence-corrected chi connectivity index (χ3v) is 7.42. The second-order valence-corrected chi connectivity index (χ2v) is 9.59. The lowest BCUT2D eigenvalue weighted by Gasteiger charge is -2.26. The maximum atomic E-state index is 13.2. The molecule has 172 valence electrons. The number of ether oxygens (including phenoxy) is 2. The van der Waals surface area contributed by atoms with E-state index in [0.29, 0.717) is 31.1 Å². The molecule has 0 atom stereocenters. The van der Waals surface area contributed by atoms with Crippen molar-refractivity contribution in [1.29, 1.82) is 0 Å². The minimum Gasteiger partial charge on any atom is -0.496 e. The highest BCUT2D eigenvalue weighted by Crippen LogP contribution is 2.27. The van der Waals surface area contributed by atoms with Gasteiger partial charge in [0.15, 0.2) is 0 Å². The fourth-order valence-electron chi connectivity index (χ4n) is 3.76. The van der Waals surface area contributed by atoms with E-state index < -0.39 is 15.9 Å². The van der Waals surface area contributed by atoms with E-state index >= 15 is 0 Å². The summed E-state index contributed by atoms with van der Waals surface area (Å²) in [6.45, 7) is 1.26. The van der Waals surface area contributed by atoms with E-state index in [4.69, 9.17) is 9.47 Å². The van der Waals surface area contributed by atoms with Crippen LogP contribution in [0.25, 0.3) is 0 Å². The Bertz CT molecular complexity index is 1220. The molecule has 1 aliphatic heterocycles. The summed E-state index contributed by atoms with van der Waals surface area (Å²) in [6, 6.07) is 21.9. The van der Waals surface area contributed by atoms with Crippen molar-refractivity contribution in [3.8, 4) is 5.75 Å². The van der Waals surface area contributed by atoms with Gasteiger partial charge in [-0.05, 0) is 41.8 Å². The summed E-state index contributed by atoms with van der Waals surface area (Å²) in [5.41, 5.74) is 2.89. The molecule has 1 saturated heterocycles. The predicted molar refractivity (Wildman–Crippen MR) is 126 cm³/mol. The molecule has 7 nitrogen and oxygen atoms in total. The zero-order valence-corrected chi connectivity index (χ0v) is 19.2. The molecule has 1 aliphatic rings. The normalized spacial score (nSPS) is 14.6. The highest BCUT2D eigenvalue weighted by molar-refractivity contribution is 7.89. The Morgan fingerprint density at radius 2 is 1.70 bits per heavy atom. The van der Waals surface area contributed by atoms with Gasteiger partial charge >= 0.3 is 0 Å². The van der Waals surface area contributed by atoms with Crippen molar-refractivity contribution in [2.45, 2.75) is 11.3 Å². The number of carbonyl (C=O) groups excluding carboxylic acids is 1. The number of nitrogens with one attached hydrogen (secondary N) is 1. The number of benzene rings is 3. The lowest BCUT2D eigenvalue weighted by Crippen LogP contribution is -2.40. The van der Waals surface area contributed by atoms with Crippen molar-refractivity contribution < 1.29 is 22.7 Å². The summed E-state index contributed by atoms with van der Waals surface area (Å²) in [5.74, 6) is -0.139. The second kappa shape index (κ2) is 10.2. The number of morpholine rings is 1. The van der Waals surface area contributed by atoms with Gasteiger partial charge in [-0.1, -0.05) is 48.5 Å². The second-order valence-electron chi connectivity index (χ2n) is 7.65. The van der Waals surface area contributed by atoms with Crippen LogP contribution in [0.2, 0.25) is 0 Å². The summed E-state index contributed by atoms with van der Waals surface area (Å²) >= 11 is 0. The van der Waals surface area contributed by atoms with Crippen LogP contribution in [0.3, 0.4) is 0 Å². The summed E-state index contributed by atoms with van der Waals surface area (Å²) < 4.78 is 38.1. The van der Waals surface area contributed by atoms with Gasteiger partial charge in [-0.3, -0.25) is 4.79 Å². The topological polar surface area (TPSA) is 84.9 Å². The monoisotopic (exact) mass is 466 g/mol. The molecule has 1 heterocycles. The van der Waals surface area contributed by atoms with Crippen molar-refractivity contribution in [2.75, 3.05) is 38.7 Å². The molecule has 1 fully saturated rings. The van der Waals surface area contributed by atoms with Crippen molar-refractivity contribution in [1.82, 2.24) is 4.31 Å². The Morgan fingerprint density at radius 1 is 1.00 bits per heavy atom. The van der Waals surface area contributed by atoms with Crippen LogP contribution in [0.4, 0.5) is 5.69 Å². The van der Waals surface area contributed by atoms with Crippen LogP contribution >= 0.6 is 0 Å². The van der Waals surface area contributed by atoms with Gasteiger partial charge in [0.2, 0.25) is 10.0 Å². The highest BCUT2D eigenvalue weighted by atomic mass is 32.2. The largest absolute Gasteiger partial charge is 0.496 e. The number of anilines is 1. The predicted octanol–water partition coefficient (Wildman–Crippen LogP) is 3.56. The molecule has 0 unspecified atom stereocenters. The minimum absolute atomic E-state index is 0.0490. The van der Waals surface area contributed by atoms with Crippen LogP contribution in [0, 0.1) is 0 Å². The van der Waals surface area contributed by atoms with Gasteiger partial charge in [0.1, 0.15) is 5.75 Å². The molecule has 4 rings (SSSR count). The zero-order valence-electron chi connectivity index (χ0n) is 18.4. The summed E-state index contributed by atoms with van der Waals surface area (Å²) in [6.07, 6.45) is 0.653. The Kier molecular flexibility index (Phi) is 7.08. The third kappa shape index (κ3) is 5.24. The first-order valence-electron chi connectivity index (χ1n) is 10.7. The molecule has 3 aromatic rings. The van der Waals surface area contributed by atoms with Gasteiger partial charge in [-0.15, -0.1) is 0 Å². The van der Waals surface area contributed by atoms with Crippen molar-refractivity contribution >= 4 is 21.6 Å². The van der Waals surface area contributed by atoms with E-state index in [1.54, 1.807) is 0 Å². The number of hydrogen-bond donors (Lipinski definition) is 1. The van der Waals surface area contributed by atoms with Gasteiger partial charge in [0.05, 0.1) is 30.8 Å². The van der Waals surface area contributed by atoms with Gasteiger partial charge in [0.25, 0.3) is 5.91 Å². The lowest BCUT2D eigenvalue weighted by molar-refractivity contribution is 0.0730. The zero-order chi connectivity index (χ0) is 23.3. The van der Waals surface area contributed by atoms with Crippen LogP contribution in [0.15, 0.2) is 77.7 Å². The van der Waals surface area contributed by atoms with Crippen LogP contribution in [-0.4, -0.2) is 52.0 Å².